The molecule has 0 saturated carbocycles. The van der Waals surface area contributed by atoms with Gasteiger partial charge in [0.1, 0.15) is 5.82 Å². The van der Waals surface area contributed by atoms with E-state index in [1.165, 1.54) is 0 Å². The second kappa shape index (κ2) is 8.25. The summed E-state index contributed by atoms with van der Waals surface area (Å²) in [6, 6.07) is 14.8. The minimum absolute atomic E-state index is 0.0238. The molecule has 0 aliphatic rings. The standard InChI is InChI=1S/C17H17FO.C2H6/c1-12(13(2)19-3)15-9-10-16(17(18)11-15)14-7-5-4-6-8-14;1-2/h4-12H,2H2,1,3H3;1-2H3. The van der Waals surface area contributed by atoms with Crippen molar-refractivity contribution in [2.75, 3.05) is 7.11 Å². The molecule has 1 nitrogen and oxygen atoms in total. The maximum atomic E-state index is 14.2. The quantitative estimate of drug-likeness (QED) is 0.647. The summed E-state index contributed by atoms with van der Waals surface area (Å²) in [6.07, 6.45) is 0. The summed E-state index contributed by atoms with van der Waals surface area (Å²) in [4.78, 5) is 0. The molecule has 0 aromatic heterocycles. The van der Waals surface area contributed by atoms with Gasteiger partial charge in [-0.15, -0.1) is 0 Å². The minimum Gasteiger partial charge on any atom is -0.501 e. The lowest BCUT2D eigenvalue weighted by Gasteiger charge is -2.15. The molecule has 0 radical (unpaired) electrons. The molecule has 0 aliphatic heterocycles. The normalized spacial score (nSPS) is 11.1. The van der Waals surface area contributed by atoms with Crippen LogP contribution in [0.3, 0.4) is 0 Å². The summed E-state index contributed by atoms with van der Waals surface area (Å²) in [5.41, 5.74) is 2.35. The van der Waals surface area contributed by atoms with Gasteiger partial charge in [-0.05, 0) is 17.2 Å². The van der Waals surface area contributed by atoms with E-state index in [4.69, 9.17) is 4.74 Å². The van der Waals surface area contributed by atoms with Gasteiger partial charge < -0.3 is 4.74 Å². The van der Waals surface area contributed by atoms with E-state index in [0.29, 0.717) is 11.3 Å². The molecule has 2 aromatic rings. The lowest BCUT2D eigenvalue weighted by atomic mass is 9.96. The van der Waals surface area contributed by atoms with E-state index in [-0.39, 0.29) is 11.7 Å². The lowest BCUT2D eigenvalue weighted by molar-refractivity contribution is 0.270. The molecule has 1 unspecified atom stereocenters. The van der Waals surface area contributed by atoms with Crippen LogP contribution in [-0.4, -0.2) is 7.11 Å². The number of hydrogen-bond donors (Lipinski definition) is 0. The van der Waals surface area contributed by atoms with Gasteiger partial charge in [-0.25, -0.2) is 4.39 Å². The van der Waals surface area contributed by atoms with Crippen molar-refractivity contribution in [2.24, 2.45) is 0 Å². The fourth-order valence-electron chi connectivity index (χ4n) is 2.02. The van der Waals surface area contributed by atoms with Crippen molar-refractivity contribution in [3.8, 4) is 11.1 Å². The van der Waals surface area contributed by atoms with Crippen molar-refractivity contribution >= 4 is 0 Å². The van der Waals surface area contributed by atoms with Crippen LogP contribution in [0.1, 0.15) is 32.3 Å². The highest BCUT2D eigenvalue weighted by molar-refractivity contribution is 5.64. The molecule has 112 valence electrons. The van der Waals surface area contributed by atoms with Gasteiger partial charge in [-0.2, -0.15) is 0 Å². The van der Waals surface area contributed by atoms with Crippen molar-refractivity contribution in [1.29, 1.82) is 0 Å². The second-order valence-corrected chi connectivity index (χ2v) is 4.50. The molecule has 2 rings (SSSR count). The first kappa shape index (κ1) is 17.0. The summed E-state index contributed by atoms with van der Waals surface area (Å²) >= 11 is 0. The second-order valence-electron chi connectivity index (χ2n) is 4.50. The number of hydrogen-bond acceptors (Lipinski definition) is 1. The number of halogens is 1. The molecular weight excluding hydrogens is 263 g/mol. The van der Waals surface area contributed by atoms with E-state index in [9.17, 15) is 4.39 Å². The Kier molecular flexibility index (Phi) is 6.67. The van der Waals surface area contributed by atoms with Crippen LogP contribution in [-0.2, 0) is 4.74 Å². The maximum absolute atomic E-state index is 14.2. The van der Waals surface area contributed by atoms with E-state index in [1.54, 1.807) is 19.2 Å². The zero-order valence-corrected chi connectivity index (χ0v) is 13.2. The molecule has 0 spiro atoms. The summed E-state index contributed by atoms with van der Waals surface area (Å²) in [6.45, 7) is 9.76. The number of ether oxygens (including phenoxy) is 1. The summed E-state index contributed by atoms with van der Waals surface area (Å²) in [5, 5.41) is 0. The van der Waals surface area contributed by atoms with Crippen LogP contribution in [0.15, 0.2) is 60.9 Å². The van der Waals surface area contributed by atoms with Gasteiger partial charge in [0, 0.05) is 11.5 Å². The molecule has 0 heterocycles. The highest BCUT2D eigenvalue weighted by Gasteiger charge is 2.13. The highest BCUT2D eigenvalue weighted by Crippen LogP contribution is 2.28. The van der Waals surface area contributed by atoms with E-state index >= 15 is 0 Å². The van der Waals surface area contributed by atoms with Crippen LogP contribution in [0.4, 0.5) is 4.39 Å². The van der Waals surface area contributed by atoms with Crippen LogP contribution in [0.25, 0.3) is 11.1 Å². The molecule has 0 saturated heterocycles. The summed E-state index contributed by atoms with van der Waals surface area (Å²) < 4.78 is 19.3. The van der Waals surface area contributed by atoms with Gasteiger partial charge in [-0.3, -0.25) is 0 Å². The predicted octanol–water partition coefficient (Wildman–Crippen LogP) is 5.78. The SMILES string of the molecule is C=C(OC)C(C)c1ccc(-c2ccccc2)c(F)c1.CC. The largest absolute Gasteiger partial charge is 0.501 e. The molecule has 0 N–H and O–H groups in total. The third-order valence-electron chi connectivity index (χ3n) is 3.32. The number of allylic oxidation sites excluding steroid dienone is 1. The first-order chi connectivity index (χ1) is 10.1. The first-order valence-corrected chi connectivity index (χ1v) is 7.21. The van der Waals surface area contributed by atoms with E-state index in [2.05, 4.69) is 6.58 Å². The minimum atomic E-state index is -0.223. The molecule has 0 bridgehead atoms. The van der Waals surface area contributed by atoms with Crippen LogP contribution in [0, 0.1) is 5.82 Å². The Bertz CT molecular complexity index is 575. The summed E-state index contributed by atoms with van der Waals surface area (Å²) in [7, 11) is 1.58. The van der Waals surface area contributed by atoms with Crippen molar-refractivity contribution in [2.45, 2.75) is 26.7 Å². The zero-order chi connectivity index (χ0) is 15.8. The Labute approximate surface area is 127 Å². The summed E-state index contributed by atoms with van der Waals surface area (Å²) in [5.74, 6) is 0.385. The Hall–Kier alpha value is -2.09. The molecule has 1 atom stereocenters. The molecule has 2 aromatic carbocycles. The van der Waals surface area contributed by atoms with Gasteiger partial charge in [0.2, 0.25) is 0 Å². The van der Waals surface area contributed by atoms with Crippen molar-refractivity contribution in [3.05, 3.63) is 72.2 Å². The molecular formula is C19H23FO. The average molecular weight is 286 g/mol. The topological polar surface area (TPSA) is 9.23 Å². The van der Waals surface area contributed by atoms with Gasteiger partial charge >= 0.3 is 0 Å². The Balaban J connectivity index is 0.00000106. The smallest absolute Gasteiger partial charge is 0.131 e. The third kappa shape index (κ3) is 4.19. The van der Waals surface area contributed by atoms with Crippen molar-refractivity contribution in [3.63, 3.8) is 0 Å². The van der Waals surface area contributed by atoms with Crippen LogP contribution in [0.2, 0.25) is 0 Å². The zero-order valence-electron chi connectivity index (χ0n) is 13.2. The van der Waals surface area contributed by atoms with Gasteiger partial charge in [0.25, 0.3) is 0 Å². The van der Waals surface area contributed by atoms with Gasteiger partial charge in [0.15, 0.2) is 0 Å². The van der Waals surface area contributed by atoms with Crippen molar-refractivity contribution in [1.82, 2.24) is 0 Å². The Morgan fingerprint density at radius 1 is 1.10 bits per heavy atom. The Morgan fingerprint density at radius 2 is 1.71 bits per heavy atom. The molecule has 0 fully saturated rings. The predicted molar refractivity (Wildman–Crippen MR) is 87.7 cm³/mol. The number of methoxy groups -OCH3 is 1. The number of benzene rings is 2. The fourth-order valence-corrected chi connectivity index (χ4v) is 2.02. The van der Waals surface area contributed by atoms with Crippen LogP contribution < -0.4 is 0 Å². The van der Waals surface area contributed by atoms with E-state index < -0.39 is 0 Å². The van der Waals surface area contributed by atoms with E-state index in [1.807, 2.05) is 57.2 Å². The third-order valence-corrected chi connectivity index (χ3v) is 3.32. The molecule has 2 heteroatoms. The molecule has 21 heavy (non-hydrogen) atoms. The van der Waals surface area contributed by atoms with Crippen molar-refractivity contribution < 1.29 is 9.13 Å². The Morgan fingerprint density at radius 3 is 2.24 bits per heavy atom. The molecule has 0 aliphatic carbocycles. The lowest BCUT2D eigenvalue weighted by Crippen LogP contribution is -2.00. The highest BCUT2D eigenvalue weighted by atomic mass is 19.1. The fraction of sp³-hybridized carbons (Fsp3) is 0.263. The average Bonchev–Trinajstić information content (AvgIpc) is 2.56. The first-order valence-electron chi connectivity index (χ1n) is 7.21. The monoisotopic (exact) mass is 286 g/mol. The maximum Gasteiger partial charge on any atom is 0.131 e. The van der Waals surface area contributed by atoms with Crippen LogP contribution >= 0.6 is 0 Å². The van der Waals surface area contributed by atoms with Gasteiger partial charge in [0.05, 0.1) is 12.9 Å². The van der Waals surface area contributed by atoms with Crippen LogP contribution in [0.5, 0.6) is 0 Å². The molecule has 0 amide bonds. The van der Waals surface area contributed by atoms with E-state index in [0.717, 1.165) is 11.1 Å². The number of rotatable bonds is 4. The van der Waals surface area contributed by atoms with Gasteiger partial charge in [-0.1, -0.05) is 69.8 Å².